The van der Waals surface area contributed by atoms with Gasteiger partial charge in [0.05, 0.1) is 11.6 Å². The molecule has 0 saturated carbocycles. The fourth-order valence-corrected chi connectivity index (χ4v) is 3.42. The molecule has 1 aliphatic heterocycles. The Morgan fingerprint density at radius 3 is 2.30 bits per heavy atom. The lowest BCUT2D eigenvalue weighted by Crippen LogP contribution is -2.30. The summed E-state index contributed by atoms with van der Waals surface area (Å²) in [4.78, 5) is 27.0. The molecule has 1 amide bonds. The minimum absolute atomic E-state index is 0.127. The van der Waals surface area contributed by atoms with Crippen LogP contribution in [0.3, 0.4) is 0 Å². The van der Waals surface area contributed by atoms with Gasteiger partial charge >= 0.3 is 0 Å². The van der Waals surface area contributed by atoms with Crippen LogP contribution in [0.1, 0.15) is 42.5 Å². The van der Waals surface area contributed by atoms with Crippen LogP contribution in [0.15, 0.2) is 54.1 Å². The molecule has 140 valence electrons. The summed E-state index contributed by atoms with van der Waals surface area (Å²) in [5, 5.41) is 11.5. The monoisotopic (exact) mass is 383 g/mol. The zero-order valence-electron chi connectivity index (χ0n) is 15.4. The third-order valence-corrected chi connectivity index (χ3v) is 5.06. The number of hydrogen-bond donors (Lipinski definition) is 1. The molecular weight excluding hydrogens is 362 g/mol. The normalized spacial score (nSPS) is 18.9. The molecule has 5 heteroatoms. The first kappa shape index (κ1) is 19.2. The van der Waals surface area contributed by atoms with E-state index >= 15 is 0 Å². The SMILES string of the molecule is CCCCN1C(=O)C(=O)C(=C(O)c2ccc(C)cc2)[C@H]1c1ccc(Cl)cc1. The summed E-state index contributed by atoms with van der Waals surface area (Å²) >= 11 is 6.00. The number of carbonyl (C=O) groups is 2. The second kappa shape index (κ2) is 7.97. The highest BCUT2D eigenvalue weighted by atomic mass is 35.5. The summed E-state index contributed by atoms with van der Waals surface area (Å²) in [5.41, 5.74) is 2.45. The van der Waals surface area contributed by atoms with Crippen LogP contribution in [0.5, 0.6) is 0 Å². The molecule has 0 radical (unpaired) electrons. The molecule has 27 heavy (non-hydrogen) atoms. The molecule has 3 rings (SSSR count). The Kier molecular flexibility index (Phi) is 5.66. The second-order valence-corrected chi connectivity index (χ2v) is 7.20. The van der Waals surface area contributed by atoms with Crippen molar-refractivity contribution >= 4 is 29.1 Å². The van der Waals surface area contributed by atoms with Gasteiger partial charge in [0.2, 0.25) is 0 Å². The number of amides is 1. The summed E-state index contributed by atoms with van der Waals surface area (Å²) in [6.45, 7) is 4.43. The molecule has 2 aromatic carbocycles. The van der Waals surface area contributed by atoms with Crippen molar-refractivity contribution in [2.24, 2.45) is 0 Å². The zero-order chi connectivity index (χ0) is 19.6. The largest absolute Gasteiger partial charge is 0.507 e. The number of benzene rings is 2. The number of nitrogens with zero attached hydrogens (tertiary/aromatic N) is 1. The highest BCUT2D eigenvalue weighted by molar-refractivity contribution is 6.46. The van der Waals surface area contributed by atoms with E-state index in [0.29, 0.717) is 17.1 Å². The Morgan fingerprint density at radius 1 is 1.07 bits per heavy atom. The first-order valence-corrected chi connectivity index (χ1v) is 9.42. The van der Waals surface area contributed by atoms with E-state index in [1.807, 2.05) is 26.0 Å². The second-order valence-electron chi connectivity index (χ2n) is 6.76. The van der Waals surface area contributed by atoms with Gasteiger partial charge in [-0.05, 0) is 31.0 Å². The zero-order valence-corrected chi connectivity index (χ0v) is 16.2. The predicted octanol–water partition coefficient (Wildman–Crippen LogP) is 4.87. The van der Waals surface area contributed by atoms with Gasteiger partial charge in [-0.1, -0.05) is 66.9 Å². The number of unbranched alkanes of at least 4 members (excludes halogenated alkanes) is 1. The van der Waals surface area contributed by atoms with E-state index < -0.39 is 17.7 Å². The predicted molar refractivity (Wildman–Crippen MR) is 107 cm³/mol. The lowest BCUT2D eigenvalue weighted by Gasteiger charge is -2.25. The third kappa shape index (κ3) is 3.76. The maximum atomic E-state index is 12.8. The van der Waals surface area contributed by atoms with Gasteiger partial charge in [-0.25, -0.2) is 0 Å². The molecule has 2 aromatic rings. The van der Waals surface area contributed by atoms with Gasteiger partial charge in [0, 0.05) is 17.1 Å². The topological polar surface area (TPSA) is 57.6 Å². The van der Waals surface area contributed by atoms with Gasteiger partial charge in [0.1, 0.15) is 5.76 Å². The number of aliphatic hydroxyl groups is 1. The lowest BCUT2D eigenvalue weighted by molar-refractivity contribution is -0.139. The number of Topliss-reactive ketones (excluding diaryl/α,β-unsaturated/α-hetero) is 1. The smallest absolute Gasteiger partial charge is 0.295 e. The fourth-order valence-electron chi connectivity index (χ4n) is 3.30. The van der Waals surface area contributed by atoms with Crippen LogP contribution >= 0.6 is 11.6 Å². The first-order valence-electron chi connectivity index (χ1n) is 9.05. The van der Waals surface area contributed by atoms with Crippen LogP contribution in [0.25, 0.3) is 5.76 Å². The van der Waals surface area contributed by atoms with Gasteiger partial charge in [0.25, 0.3) is 11.7 Å². The van der Waals surface area contributed by atoms with E-state index in [9.17, 15) is 14.7 Å². The van der Waals surface area contributed by atoms with Gasteiger partial charge in [-0.3, -0.25) is 9.59 Å². The molecule has 0 unspecified atom stereocenters. The maximum Gasteiger partial charge on any atom is 0.295 e. The number of aliphatic hydroxyl groups excluding tert-OH is 1. The molecule has 0 bridgehead atoms. The molecule has 1 aliphatic rings. The summed E-state index contributed by atoms with van der Waals surface area (Å²) in [6, 6.07) is 13.6. The van der Waals surface area contributed by atoms with Crippen LogP contribution in [0, 0.1) is 6.92 Å². The van der Waals surface area contributed by atoms with Crippen molar-refractivity contribution in [3.8, 4) is 0 Å². The Labute approximate surface area is 164 Å². The summed E-state index contributed by atoms with van der Waals surface area (Å²) in [5.74, 6) is -1.37. The van der Waals surface area contributed by atoms with Crippen LogP contribution in [0.2, 0.25) is 5.02 Å². The van der Waals surface area contributed by atoms with E-state index in [1.165, 1.54) is 0 Å². The van der Waals surface area contributed by atoms with E-state index in [1.54, 1.807) is 41.3 Å². The van der Waals surface area contributed by atoms with Crippen molar-refractivity contribution in [1.29, 1.82) is 0 Å². The lowest BCUT2D eigenvalue weighted by atomic mass is 9.95. The average Bonchev–Trinajstić information content (AvgIpc) is 2.91. The van der Waals surface area contributed by atoms with Gasteiger partial charge in [-0.2, -0.15) is 0 Å². The van der Waals surface area contributed by atoms with Crippen molar-refractivity contribution in [3.05, 3.63) is 75.8 Å². The van der Waals surface area contributed by atoms with Crippen LogP contribution in [-0.2, 0) is 9.59 Å². The third-order valence-electron chi connectivity index (χ3n) is 4.80. The summed E-state index contributed by atoms with van der Waals surface area (Å²) < 4.78 is 0. The van der Waals surface area contributed by atoms with Crippen molar-refractivity contribution in [2.45, 2.75) is 32.7 Å². The molecule has 1 saturated heterocycles. The molecule has 1 N–H and O–H groups in total. The van der Waals surface area contributed by atoms with Gasteiger partial charge in [0.15, 0.2) is 0 Å². The molecule has 4 nitrogen and oxygen atoms in total. The van der Waals surface area contributed by atoms with E-state index in [2.05, 4.69) is 0 Å². The van der Waals surface area contributed by atoms with Crippen molar-refractivity contribution in [2.75, 3.05) is 6.54 Å². The summed E-state index contributed by atoms with van der Waals surface area (Å²) in [7, 11) is 0. The first-order chi connectivity index (χ1) is 12.9. The molecule has 1 fully saturated rings. The number of rotatable bonds is 5. The number of carbonyl (C=O) groups excluding carboxylic acids is 2. The van der Waals surface area contributed by atoms with Gasteiger partial charge in [-0.15, -0.1) is 0 Å². The Morgan fingerprint density at radius 2 is 1.70 bits per heavy atom. The van der Waals surface area contributed by atoms with E-state index in [-0.39, 0.29) is 11.3 Å². The highest BCUT2D eigenvalue weighted by Crippen LogP contribution is 2.39. The number of halogens is 1. The number of likely N-dealkylation sites (tertiary alicyclic amines) is 1. The number of hydrogen-bond acceptors (Lipinski definition) is 3. The fraction of sp³-hybridized carbons (Fsp3) is 0.273. The number of ketones is 1. The average molecular weight is 384 g/mol. The van der Waals surface area contributed by atoms with Crippen molar-refractivity contribution < 1.29 is 14.7 Å². The van der Waals surface area contributed by atoms with Crippen molar-refractivity contribution in [1.82, 2.24) is 4.90 Å². The summed E-state index contributed by atoms with van der Waals surface area (Å²) in [6.07, 6.45) is 1.68. The Balaban J connectivity index is 2.14. The Hall–Kier alpha value is -2.59. The van der Waals surface area contributed by atoms with Crippen LogP contribution in [0.4, 0.5) is 0 Å². The van der Waals surface area contributed by atoms with Crippen LogP contribution < -0.4 is 0 Å². The van der Waals surface area contributed by atoms with Crippen LogP contribution in [-0.4, -0.2) is 28.2 Å². The molecule has 0 spiro atoms. The minimum atomic E-state index is -0.649. The molecule has 0 aromatic heterocycles. The molecule has 1 heterocycles. The molecular formula is C22H22ClNO3. The van der Waals surface area contributed by atoms with E-state index in [0.717, 1.165) is 24.0 Å². The molecule has 1 atom stereocenters. The molecule has 0 aliphatic carbocycles. The Bertz CT molecular complexity index is 885. The van der Waals surface area contributed by atoms with Gasteiger partial charge < -0.3 is 10.0 Å². The standard InChI is InChI=1S/C22H22ClNO3/c1-3-4-13-24-19(15-9-11-17(23)12-10-15)18(21(26)22(24)27)20(25)16-7-5-14(2)6-8-16/h5-12,19,25H,3-4,13H2,1-2H3/t19-/m1/s1. The van der Waals surface area contributed by atoms with E-state index in [4.69, 9.17) is 11.6 Å². The minimum Gasteiger partial charge on any atom is -0.507 e. The quantitative estimate of drug-likeness (QED) is 0.455. The number of aryl methyl sites for hydroxylation is 1. The highest BCUT2D eigenvalue weighted by Gasteiger charge is 2.45. The van der Waals surface area contributed by atoms with Crippen molar-refractivity contribution in [3.63, 3.8) is 0 Å². The maximum absolute atomic E-state index is 12.8.